The number of urea groups is 1. The minimum absolute atomic E-state index is 0.306. The van der Waals surface area contributed by atoms with Crippen molar-refractivity contribution < 1.29 is 14.3 Å². The van der Waals surface area contributed by atoms with Gasteiger partial charge >= 0.3 is 6.03 Å². The van der Waals surface area contributed by atoms with Gasteiger partial charge in [-0.3, -0.25) is 0 Å². The van der Waals surface area contributed by atoms with Crippen LogP contribution in [0.3, 0.4) is 0 Å². The third-order valence-electron chi connectivity index (χ3n) is 3.39. The van der Waals surface area contributed by atoms with Gasteiger partial charge in [-0.25, -0.2) is 10.2 Å². The molecule has 0 aliphatic heterocycles. The number of methoxy groups -OCH3 is 1. The highest BCUT2D eigenvalue weighted by atomic mass is 79.9. The fraction of sp³-hybridized carbons (Fsp3) is 0.158. The van der Waals surface area contributed by atoms with Crippen molar-refractivity contribution in [1.82, 2.24) is 5.43 Å². The Hall–Kier alpha value is -2.51. The zero-order valence-electron chi connectivity index (χ0n) is 14.9. The molecule has 0 unspecified atom stereocenters. The Kier molecular flexibility index (Phi) is 7.69. The lowest BCUT2D eigenvalue weighted by Gasteiger charge is -2.12. The van der Waals surface area contributed by atoms with Crippen molar-refractivity contribution >= 4 is 45.5 Å². The number of nitrogens with one attached hydrogen (secondary N) is 2. The maximum Gasteiger partial charge on any atom is 0.339 e. The minimum Gasteiger partial charge on any atom is -0.493 e. The minimum atomic E-state index is -0.461. The summed E-state index contributed by atoms with van der Waals surface area (Å²) >= 11 is 9.63. The fourth-order valence-electron chi connectivity index (χ4n) is 2.14. The number of halogens is 2. The molecule has 0 aromatic heterocycles. The molecular formula is C19H19BrClN3O3. The molecule has 27 heavy (non-hydrogen) atoms. The lowest BCUT2D eigenvalue weighted by Crippen LogP contribution is -2.24. The first kappa shape index (κ1) is 20.8. The van der Waals surface area contributed by atoms with Gasteiger partial charge in [-0.05, 0) is 48.4 Å². The Bertz CT molecular complexity index is 872. The summed E-state index contributed by atoms with van der Waals surface area (Å²) in [6.45, 7) is 5.84. The smallest absolute Gasteiger partial charge is 0.339 e. The Labute approximate surface area is 171 Å². The van der Waals surface area contributed by atoms with Gasteiger partial charge in [0.05, 0.1) is 18.3 Å². The zero-order chi connectivity index (χ0) is 19.8. The Morgan fingerprint density at radius 3 is 2.81 bits per heavy atom. The van der Waals surface area contributed by atoms with E-state index in [4.69, 9.17) is 21.1 Å². The van der Waals surface area contributed by atoms with Gasteiger partial charge < -0.3 is 14.8 Å². The number of carbonyl (C=O) groups is 1. The van der Waals surface area contributed by atoms with E-state index in [0.29, 0.717) is 34.4 Å². The molecule has 0 heterocycles. The summed E-state index contributed by atoms with van der Waals surface area (Å²) < 4.78 is 11.7. The van der Waals surface area contributed by atoms with Crippen molar-refractivity contribution in [2.24, 2.45) is 5.10 Å². The molecule has 0 atom stereocenters. The number of benzene rings is 2. The third kappa shape index (κ3) is 6.01. The van der Waals surface area contributed by atoms with Crippen molar-refractivity contribution in [2.75, 3.05) is 19.0 Å². The average Bonchev–Trinajstić information content (AvgIpc) is 2.63. The summed E-state index contributed by atoms with van der Waals surface area (Å²) in [5.41, 5.74) is 4.71. The van der Waals surface area contributed by atoms with Crippen LogP contribution in [0.15, 0.2) is 52.6 Å². The van der Waals surface area contributed by atoms with Gasteiger partial charge in [0.1, 0.15) is 6.61 Å². The van der Waals surface area contributed by atoms with E-state index in [-0.39, 0.29) is 0 Å². The Balaban J connectivity index is 2.02. The lowest BCUT2D eigenvalue weighted by molar-refractivity contribution is 0.252. The van der Waals surface area contributed by atoms with Gasteiger partial charge in [-0.1, -0.05) is 40.2 Å². The van der Waals surface area contributed by atoms with Crippen LogP contribution in [0.2, 0.25) is 5.02 Å². The normalized spacial score (nSPS) is 10.5. The van der Waals surface area contributed by atoms with Crippen LogP contribution in [0.4, 0.5) is 10.5 Å². The molecule has 2 aromatic rings. The van der Waals surface area contributed by atoms with Crippen LogP contribution >= 0.6 is 27.5 Å². The molecule has 142 valence electrons. The molecular weight excluding hydrogens is 434 g/mol. The van der Waals surface area contributed by atoms with Crippen molar-refractivity contribution in [1.29, 1.82) is 0 Å². The Morgan fingerprint density at radius 1 is 1.37 bits per heavy atom. The first-order valence-electron chi connectivity index (χ1n) is 7.92. The highest BCUT2D eigenvalue weighted by Crippen LogP contribution is 2.36. The van der Waals surface area contributed by atoms with Gasteiger partial charge in [0.15, 0.2) is 11.5 Å². The van der Waals surface area contributed by atoms with Crippen LogP contribution in [0.25, 0.3) is 0 Å². The average molecular weight is 453 g/mol. The summed E-state index contributed by atoms with van der Waals surface area (Å²) in [5, 5.41) is 6.98. The van der Waals surface area contributed by atoms with Crippen molar-refractivity contribution in [3.05, 3.63) is 63.6 Å². The van der Waals surface area contributed by atoms with Crippen molar-refractivity contribution in [3.8, 4) is 11.5 Å². The fourth-order valence-corrected chi connectivity index (χ4v) is 2.66. The van der Waals surface area contributed by atoms with E-state index >= 15 is 0 Å². The highest BCUT2D eigenvalue weighted by Gasteiger charge is 2.11. The molecule has 2 aromatic carbocycles. The summed E-state index contributed by atoms with van der Waals surface area (Å²) in [6, 6.07) is 8.39. The molecule has 0 bridgehead atoms. The van der Waals surface area contributed by atoms with E-state index in [1.807, 2.05) is 19.1 Å². The number of hydrazone groups is 1. The first-order valence-corrected chi connectivity index (χ1v) is 9.09. The van der Waals surface area contributed by atoms with E-state index in [1.165, 1.54) is 13.3 Å². The summed E-state index contributed by atoms with van der Waals surface area (Å²) in [5.74, 6) is 0.883. The largest absolute Gasteiger partial charge is 0.493 e. The number of aryl methyl sites for hydroxylation is 1. The summed E-state index contributed by atoms with van der Waals surface area (Å²) in [6.07, 6.45) is 3.07. The molecule has 0 spiro atoms. The number of hydrogen-bond donors (Lipinski definition) is 2. The second-order valence-electron chi connectivity index (χ2n) is 5.42. The van der Waals surface area contributed by atoms with Crippen LogP contribution in [0, 0.1) is 6.92 Å². The predicted molar refractivity (Wildman–Crippen MR) is 112 cm³/mol. The van der Waals surface area contributed by atoms with E-state index < -0.39 is 6.03 Å². The van der Waals surface area contributed by atoms with E-state index in [9.17, 15) is 4.79 Å². The molecule has 0 fully saturated rings. The molecule has 0 aliphatic carbocycles. The second-order valence-corrected chi connectivity index (χ2v) is 6.68. The summed E-state index contributed by atoms with van der Waals surface area (Å²) in [4.78, 5) is 11.9. The van der Waals surface area contributed by atoms with Crippen LogP contribution in [0.1, 0.15) is 11.1 Å². The van der Waals surface area contributed by atoms with Gasteiger partial charge in [0.2, 0.25) is 0 Å². The lowest BCUT2D eigenvalue weighted by atomic mass is 10.2. The molecule has 6 nitrogen and oxygen atoms in total. The van der Waals surface area contributed by atoms with Gasteiger partial charge in [0, 0.05) is 10.2 Å². The number of ether oxygens (including phenoxy) is 2. The van der Waals surface area contributed by atoms with Gasteiger partial charge in [-0.15, -0.1) is 0 Å². The second kappa shape index (κ2) is 9.99. The molecule has 2 rings (SSSR count). The van der Waals surface area contributed by atoms with E-state index in [2.05, 4.69) is 38.4 Å². The third-order valence-corrected chi connectivity index (χ3v) is 4.56. The highest BCUT2D eigenvalue weighted by molar-refractivity contribution is 9.10. The van der Waals surface area contributed by atoms with Gasteiger partial charge in [0.25, 0.3) is 0 Å². The Morgan fingerprint density at radius 2 is 2.15 bits per heavy atom. The van der Waals surface area contributed by atoms with E-state index in [1.54, 1.807) is 24.3 Å². The van der Waals surface area contributed by atoms with Crippen LogP contribution < -0.4 is 20.2 Å². The maximum atomic E-state index is 11.9. The molecule has 0 radical (unpaired) electrons. The predicted octanol–water partition coefficient (Wildman–Crippen LogP) is 5.14. The van der Waals surface area contributed by atoms with Gasteiger partial charge in [-0.2, -0.15) is 5.10 Å². The molecule has 0 saturated carbocycles. The topological polar surface area (TPSA) is 72.0 Å². The SMILES string of the molecule is C=CCOc1c(Cl)cc(/C=N/NC(=O)Nc2ccc(Br)c(C)c2)cc1OC. The number of anilines is 1. The monoisotopic (exact) mass is 451 g/mol. The summed E-state index contributed by atoms with van der Waals surface area (Å²) in [7, 11) is 1.51. The number of nitrogens with zero attached hydrogens (tertiary/aromatic N) is 1. The molecule has 8 heteroatoms. The number of rotatable bonds is 7. The molecule has 0 saturated heterocycles. The van der Waals surface area contributed by atoms with Crippen LogP contribution in [0.5, 0.6) is 11.5 Å². The standard InChI is InChI=1S/C19H19BrClN3O3/c1-4-7-27-18-16(21)9-13(10-17(18)26-3)11-22-24-19(25)23-14-5-6-15(20)12(2)8-14/h4-6,8-11H,1,7H2,2-3H3,(H2,23,24,25)/b22-11+. The molecule has 0 aliphatic rings. The van der Waals surface area contributed by atoms with Crippen molar-refractivity contribution in [2.45, 2.75) is 6.92 Å². The van der Waals surface area contributed by atoms with Crippen molar-refractivity contribution in [3.63, 3.8) is 0 Å². The molecule has 2 N–H and O–H groups in total. The number of carbonyl (C=O) groups excluding carboxylic acids is 1. The quantitative estimate of drug-likeness (QED) is 0.347. The molecule has 2 amide bonds. The van der Waals surface area contributed by atoms with E-state index in [0.717, 1.165) is 10.0 Å². The number of hydrogen-bond acceptors (Lipinski definition) is 4. The zero-order valence-corrected chi connectivity index (χ0v) is 17.2. The first-order chi connectivity index (χ1) is 12.9. The number of amides is 2. The van der Waals surface area contributed by atoms with Crippen LogP contribution in [-0.2, 0) is 0 Å². The maximum absolute atomic E-state index is 11.9. The van der Waals surface area contributed by atoms with Crippen LogP contribution in [-0.4, -0.2) is 26.0 Å².